The molecular weight excluding hydrogens is 343 g/mol. The fourth-order valence-corrected chi connectivity index (χ4v) is 1.78. The van der Waals surface area contributed by atoms with E-state index in [-0.39, 0.29) is 23.0 Å². The van der Waals surface area contributed by atoms with Crippen LogP contribution in [0, 0.1) is 0 Å². The summed E-state index contributed by atoms with van der Waals surface area (Å²) in [5.74, 6) is -1.22. The number of nitrogens with one attached hydrogen (secondary N) is 1. The molecule has 1 rings (SSSR count). The standard InChI is InChI=1S/C12H11BrF3NO3/c1-20-10(18)4-5-17-11(19)8-6-7(12(14,15)16)2-3-9(8)13/h2-3,6H,4-5H2,1H3,(H,17,19). The van der Waals surface area contributed by atoms with Crippen LogP contribution in [0.2, 0.25) is 0 Å². The van der Waals surface area contributed by atoms with E-state index >= 15 is 0 Å². The first-order valence-electron chi connectivity index (χ1n) is 5.47. The molecule has 1 amide bonds. The molecule has 8 heteroatoms. The highest BCUT2D eigenvalue weighted by Crippen LogP contribution is 2.31. The Balaban J connectivity index is 2.79. The molecule has 0 aliphatic carbocycles. The van der Waals surface area contributed by atoms with Gasteiger partial charge in [-0.2, -0.15) is 13.2 Å². The van der Waals surface area contributed by atoms with Gasteiger partial charge in [0.05, 0.1) is 24.7 Å². The van der Waals surface area contributed by atoms with Crippen molar-refractivity contribution in [3.63, 3.8) is 0 Å². The van der Waals surface area contributed by atoms with E-state index in [1.54, 1.807) is 0 Å². The lowest BCUT2D eigenvalue weighted by Crippen LogP contribution is -2.27. The minimum Gasteiger partial charge on any atom is -0.469 e. The van der Waals surface area contributed by atoms with E-state index in [9.17, 15) is 22.8 Å². The van der Waals surface area contributed by atoms with Crippen molar-refractivity contribution >= 4 is 27.8 Å². The molecule has 0 atom stereocenters. The summed E-state index contributed by atoms with van der Waals surface area (Å²) < 4.78 is 42.3. The zero-order valence-electron chi connectivity index (χ0n) is 10.4. The van der Waals surface area contributed by atoms with Crippen molar-refractivity contribution < 1.29 is 27.5 Å². The van der Waals surface area contributed by atoms with Crippen molar-refractivity contribution in [2.24, 2.45) is 0 Å². The third kappa shape index (κ3) is 4.52. The number of carbonyl (C=O) groups excluding carboxylic acids is 2. The van der Waals surface area contributed by atoms with Crippen LogP contribution in [0.25, 0.3) is 0 Å². The molecule has 0 aliphatic rings. The van der Waals surface area contributed by atoms with Crippen LogP contribution in [-0.2, 0) is 15.7 Å². The van der Waals surface area contributed by atoms with Crippen LogP contribution >= 0.6 is 15.9 Å². The number of ether oxygens (including phenoxy) is 1. The Bertz CT molecular complexity index is 517. The quantitative estimate of drug-likeness (QED) is 0.846. The fourth-order valence-electron chi connectivity index (χ4n) is 1.35. The minimum absolute atomic E-state index is 0.0197. The van der Waals surface area contributed by atoms with E-state index in [4.69, 9.17) is 0 Å². The van der Waals surface area contributed by atoms with Crippen molar-refractivity contribution in [1.82, 2.24) is 5.32 Å². The number of rotatable bonds is 4. The van der Waals surface area contributed by atoms with Crippen molar-refractivity contribution in [2.75, 3.05) is 13.7 Å². The van der Waals surface area contributed by atoms with E-state index < -0.39 is 23.6 Å². The zero-order chi connectivity index (χ0) is 15.3. The average Bonchev–Trinajstić information content (AvgIpc) is 2.37. The summed E-state index contributed by atoms with van der Waals surface area (Å²) in [4.78, 5) is 22.6. The molecule has 20 heavy (non-hydrogen) atoms. The molecule has 0 aliphatic heterocycles. The van der Waals surface area contributed by atoms with E-state index in [0.717, 1.165) is 18.2 Å². The maximum atomic E-state index is 12.6. The molecule has 0 aromatic heterocycles. The molecular formula is C12H11BrF3NO3. The Kier molecular flexibility index (Phi) is 5.55. The minimum atomic E-state index is -4.53. The number of esters is 1. The third-order valence-electron chi connectivity index (χ3n) is 2.38. The summed E-state index contributed by atoms with van der Waals surface area (Å²) in [6.45, 7) is -0.0197. The number of halogens is 4. The Morgan fingerprint density at radius 3 is 2.55 bits per heavy atom. The van der Waals surface area contributed by atoms with E-state index in [0.29, 0.717) is 0 Å². The van der Waals surface area contributed by atoms with Gasteiger partial charge in [-0.15, -0.1) is 0 Å². The number of amides is 1. The Hall–Kier alpha value is -1.57. The predicted molar refractivity (Wildman–Crippen MR) is 68.1 cm³/mol. The van der Waals surface area contributed by atoms with Crippen molar-refractivity contribution in [3.05, 3.63) is 33.8 Å². The molecule has 0 saturated heterocycles. The lowest BCUT2D eigenvalue weighted by Gasteiger charge is -2.10. The molecule has 4 nitrogen and oxygen atoms in total. The topological polar surface area (TPSA) is 55.4 Å². The molecule has 1 N–H and O–H groups in total. The van der Waals surface area contributed by atoms with E-state index in [1.807, 2.05) is 0 Å². The molecule has 0 bridgehead atoms. The second-order valence-corrected chi connectivity index (χ2v) is 4.63. The van der Waals surface area contributed by atoms with Crippen LogP contribution in [0.5, 0.6) is 0 Å². The van der Waals surface area contributed by atoms with Crippen LogP contribution < -0.4 is 5.32 Å². The molecule has 0 heterocycles. The van der Waals surface area contributed by atoms with Crippen LogP contribution in [-0.4, -0.2) is 25.5 Å². The summed E-state index contributed by atoms with van der Waals surface area (Å²) in [5, 5.41) is 2.35. The van der Waals surface area contributed by atoms with Crippen LogP contribution in [0.1, 0.15) is 22.3 Å². The van der Waals surface area contributed by atoms with Gasteiger partial charge in [-0.05, 0) is 34.1 Å². The molecule has 0 radical (unpaired) electrons. The Labute approximate surface area is 121 Å². The van der Waals surface area contributed by atoms with Gasteiger partial charge in [0, 0.05) is 11.0 Å². The SMILES string of the molecule is COC(=O)CCNC(=O)c1cc(C(F)(F)F)ccc1Br. The smallest absolute Gasteiger partial charge is 0.416 e. The average molecular weight is 354 g/mol. The van der Waals surface area contributed by atoms with Crippen LogP contribution in [0.15, 0.2) is 22.7 Å². The molecule has 1 aromatic carbocycles. The first-order chi connectivity index (χ1) is 9.25. The first kappa shape index (κ1) is 16.5. The number of alkyl halides is 3. The second-order valence-electron chi connectivity index (χ2n) is 3.77. The summed E-state index contributed by atoms with van der Waals surface area (Å²) in [7, 11) is 1.20. The van der Waals surface area contributed by atoms with Gasteiger partial charge in [0.1, 0.15) is 0 Å². The monoisotopic (exact) mass is 353 g/mol. The summed E-state index contributed by atoms with van der Waals surface area (Å²) >= 11 is 3.01. The fraction of sp³-hybridized carbons (Fsp3) is 0.333. The zero-order valence-corrected chi connectivity index (χ0v) is 12.0. The number of benzene rings is 1. The number of methoxy groups -OCH3 is 1. The van der Waals surface area contributed by atoms with Gasteiger partial charge in [-0.1, -0.05) is 0 Å². The second kappa shape index (κ2) is 6.74. The summed E-state index contributed by atoms with van der Waals surface area (Å²) in [5.41, 5.74) is -1.07. The maximum absolute atomic E-state index is 12.6. The molecule has 1 aromatic rings. The van der Waals surface area contributed by atoms with Gasteiger partial charge >= 0.3 is 12.1 Å². The van der Waals surface area contributed by atoms with Gasteiger partial charge in [0.2, 0.25) is 0 Å². The lowest BCUT2D eigenvalue weighted by molar-refractivity contribution is -0.140. The number of carbonyl (C=O) groups is 2. The predicted octanol–water partition coefficient (Wildman–Crippen LogP) is 2.76. The molecule has 0 spiro atoms. The summed E-state index contributed by atoms with van der Waals surface area (Å²) in [6.07, 6.45) is -4.58. The van der Waals surface area contributed by atoms with Crippen LogP contribution in [0.3, 0.4) is 0 Å². The first-order valence-corrected chi connectivity index (χ1v) is 6.26. The Morgan fingerprint density at radius 1 is 1.35 bits per heavy atom. The summed E-state index contributed by atoms with van der Waals surface area (Å²) in [6, 6.07) is 2.77. The van der Waals surface area contributed by atoms with Gasteiger partial charge in [-0.25, -0.2) is 0 Å². The third-order valence-corrected chi connectivity index (χ3v) is 3.07. The van der Waals surface area contributed by atoms with Crippen molar-refractivity contribution in [1.29, 1.82) is 0 Å². The largest absolute Gasteiger partial charge is 0.469 e. The number of hydrogen-bond donors (Lipinski definition) is 1. The highest BCUT2D eigenvalue weighted by atomic mass is 79.9. The molecule has 0 fully saturated rings. The highest BCUT2D eigenvalue weighted by molar-refractivity contribution is 9.10. The lowest BCUT2D eigenvalue weighted by atomic mass is 10.1. The van der Waals surface area contributed by atoms with Crippen molar-refractivity contribution in [3.8, 4) is 0 Å². The van der Waals surface area contributed by atoms with Gasteiger partial charge < -0.3 is 10.1 Å². The van der Waals surface area contributed by atoms with Gasteiger partial charge in [0.25, 0.3) is 5.91 Å². The normalized spacial score (nSPS) is 11.1. The molecule has 0 saturated carbocycles. The maximum Gasteiger partial charge on any atom is 0.416 e. The van der Waals surface area contributed by atoms with E-state index in [2.05, 4.69) is 26.0 Å². The van der Waals surface area contributed by atoms with Gasteiger partial charge in [-0.3, -0.25) is 9.59 Å². The molecule has 0 unspecified atom stereocenters. The Morgan fingerprint density at radius 2 is 2.00 bits per heavy atom. The van der Waals surface area contributed by atoms with Crippen molar-refractivity contribution in [2.45, 2.75) is 12.6 Å². The highest BCUT2D eigenvalue weighted by Gasteiger charge is 2.31. The van der Waals surface area contributed by atoms with Gasteiger partial charge in [0.15, 0.2) is 0 Å². The van der Waals surface area contributed by atoms with Crippen LogP contribution in [0.4, 0.5) is 13.2 Å². The van der Waals surface area contributed by atoms with E-state index in [1.165, 1.54) is 7.11 Å². The molecule has 110 valence electrons. The number of hydrogen-bond acceptors (Lipinski definition) is 3.